The molecule has 1 rings (SSSR count). The Morgan fingerprint density at radius 2 is 2.08 bits per heavy atom. The molecule has 0 amide bonds. The van der Waals surface area contributed by atoms with Gasteiger partial charge in [0.1, 0.15) is 5.82 Å². The van der Waals surface area contributed by atoms with Crippen LogP contribution in [-0.2, 0) is 12.8 Å². The van der Waals surface area contributed by atoms with Crippen LogP contribution in [0.15, 0.2) is 12.1 Å². The maximum absolute atomic E-state index is 5.65. The minimum Gasteiger partial charge on any atom is -0.384 e. The zero-order chi connectivity index (χ0) is 8.97. The van der Waals surface area contributed by atoms with E-state index in [-0.39, 0.29) is 0 Å². The zero-order valence-electron chi connectivity index (χ0n) is 7.80. The minimum atomic E-state index is 0.651. The van der Waals surface area contributed by atoms with E-state index in [2.05, 4.69) is 24.9 Å². The Labute approximate surface area is 73.8 Å². The first kappa shape index (κ1) is 9.04. The fourth-order valence-electron chi connectivity index (χ4n) is 1.26. The molecule has 0 unspecified atom stereocenters. The molecule has 0 aliphatic heterocycles. The highest BCUT2D eigenvalue weighted by molar-refractivity contribution is 5.34. The molecule has 2 heteroatoms. The Morgan fingerprint density at radius 3 is 2.67 bits per heavy atom. The summed E-state index contributed by atoms with van der Waals surface area (Å²) in [5, 5.41) is 0. The predicted molar refractivity (Wildman–Crippen MR) is 52.0 cm³/mol. The number of anilines is 1. The normalized spacial score (nSPS) is 10.2. The van der Waals surface area contributed by atoms with E-state index in [0.717, 1.165) is 25.0 Å². The summed E-state index contributed by atoms with van der Waals surface area (Å²) < 4.78 is 0. The van der Waals surface area contributed by atoms with Crippen LogP contribution in [0.3, 0.4) is 0 Å². The van der Waals surface area contributed by atoms with Gasteiger partial charge < -0.3 is 5.73 Å². The summed E-state index contributed by atoms with van der Waals surface area (Å²) >= 11 is 0. The molecule has 1 aromatic rings. The molecule has 0 bridgehead atoms. The fraction of sp³-hybridized carbons (Fsp3) is 0.500. The second-order valence-electron chi connectivity index (χ2n) is 3.00. The SMILES string of the molecule is CCCc1cc(CC)cc(N)n1. The number of hydrogen-bond acceptors (Lipinski definition) is 2. The van der Waals surface area contributed by atoms with Crippen LogP contribution in [-0.4, -0.2) is 4.98 Å². The topological polar surface area (TPSA) is 38.9 Å². The molecule has 0 saturated carbocycles. The lowest BCUT2D eigenvalue weighted by atomic mass is 10.1. The Hall–Kier alpha value is -1.05. The lowest BCUT2D eigenvalue weighted by molar-refractivity contribution is 0.879. The van der Waals surface area contributed by atoms with Gasteiger partial charge in [0.25, 0.3) is 0 Å². The second-order valence-corrected chi connectivity index (χ2v) is 3.00. The highest BCUT2D eigenvalue weighted by atomic mass is 14.8. The second kappa shape index (κ2) is 4.10. The molecule has 2 nitrogen and oxygen atoms in total. The maximum atomic E-state index is 5.65. The van der Waals surface area contributed by atoms with Crippen LogP contribution < -0.4 is 5.73 Å². The summed E-state index contributed by atoms with van der Waals surface area (Å²) in [5.41, 5.74) is 8.06. The van der Waals surface area contributed by atoms with Crippen LogP contribution in [0.2, 0.25) is 0 Å². The van der Waals surface area contributed by atoms with Gasteiger partial charge in [-0.1, -0.05) is 20.3 Å². The maximum Gasteiger partial charge on any atom is 0.123 e. The standard InChI is InChI=1S/C10H16N2/c1-3-5-9-6-8(4-2)7-10(11)12-9/h6-7H,3-5H2,1-2H3,(H2,11,12). The van der Waals surface area contributed by atoms with E-state index in [0.29, 0.717) is 5.82 Å². The van der Waals surface area contributed by atoms with E-state index in [1.165, 1.54) is 5.56 Å². The van der Waals surface area contributed by atoms with Gasteiger partial charge >= 0.3 is 0 Å². The van der Waals surface area contributed by atoms with E-state index < -0.39 is 0 Å². The summed E-state index contributed by atoms with van der Waals surface area (Å²) in [6, 6.07) is 4.08. The Morgan fingerprint density at radius 1 is 1.33 bits per heavy atom. The molecule has 1 heterocycles. The molecule has 0 spiro atoms. The molecular weight excluding hydrogens is 148 g/mol. The van der Waals surface area contributed by atoms with Gasteiger partial charge in [0.15, 0.2) is 0 Å². The van der Waals surface area contributed by atoms with Crippen molar-refractivity contribution < 1.29 is 0 Å². The Kier molecular flexibility index (Phi) is 3.09. The van der Waals surface area contributed by atoms with Gasteiger partial charge in [0.2, 0.25) is 0 Å². The van der Waals surface area contributed by atoms with Crippen molar-refractivity contribution in [2.45, 2.75) is 33.1 Å². The van der Waals surface area contributed by atoms with Gasteiger partial charge in [-0.3, -0.25) is 0 Å². The predicted octanol–water partition coefficient (Wildman–Crippen LogP) is 2.18. The van der Waals surface area contributed by atoms with E-state index in [9.17, 15) is 0 Å². The number of nitrogens with zero attached hydrogens (tertiary/aromatic N) is 1. The van der Waals surface area contributed by atoms with Crippen LogP contribution in [0, 0.1) is 0 Å². The lowest BCUT2D eigenvalue weighted by Crippen LogP contribution is -1.97. The zero-order valence-corrected chi connectivity index (χ0v) is 7.80. The van der Waals surface area contributed by atoms with Crippen LogP contribution in [0.4, 0.5) is 5.82 Å². The molecule has 1 aromatic heterocycles. The van der Waals surface area contributed by atoms with Crippen LogP contribution in [0.1, 0.15) is 31.5 Å². The molecule has 0 aliphatic carbocycles. The largest absolute Gasteiger partial charge is 0.384 e. The van der Waals surface area contributed by atoms with Crippen molar-refractivity contribution in [2.24, 2.45) is 0 Å². The van der Waals surface area contributed by atoms with Crippen molar-refractivity contribution in [3.8, 4) is 0 Å². The average Bonchev–Trinajstić information content (AvgIpc) is 2.04. The summed E-state index contributed by atoms with van der Waals surface area (Å²) in [6.07, 6.45) is 3.18. The van der Waals surface area contributed by atoms with E-state index in [4.69, 9.17) is 5.73 Å². The summed E-state index contributed by atoms with van der Waals surface area (Å²) in [7, 11) is 0. The summed E-state index contributed by atoms with van der Waals surface area (Å²) in [5.74, 6) is 0.651. The molecule has 0 aromatic carbocycles. The first-order valence-electron chi connectivity index (χ1n) is 4.51. The third-order valence-corrected chi connectivity index (χ3v) is 1.87. The number of aromatic nitrogens is 1. The summed E-state index contributed by atoms with van der Waals surface area (Å²) in [4.78, 5) is 4.25. The third-order valence-electron chi connectivity index (χ3n) is 1.87. The monoisotopic (exact) mass is 164 g/mol. The molecule has 2 N–H and O–H groups in total. The van der Waals surface area contributed by atoms with Gasteiger partial charge in [-0.25, -0.2) is 4.98 Å². The van der Waals surface area contributed by atoms with Crippen molar-refractivity contribution in [3.63, 3.8) is 0 Å². The minimum absolute atomic E-state index is 0.651. The number of nitrogens with two attached hydrogens (primary N) is 1. The van der Waals surface area contributed by atoms with Crippen LogP contribution in [0.5, 0.6) is 0 Å². The lowest BCUT2D eigenvalue weighted by Gasteiger charge is -2.03. The Balaban J connectivity index is 2.90. The van der Waals surface area contributed by atoms with E-state index in [1.807, 2.05) is 6.07 Å². The van der Waals surface area contributed by atoms with Crippen molar-refractivity contribution in [1.29, 1.82) is 0 Å². The van der Waals surface area contributed by atoms with Crippen molar-refractivity contribution >= 4 is 5.82 Å². The highest BCUT2D eigenvalue weighted by Gasteiger charge is 1.97. The van der Waals surface area contributed by atoms with Gasteiger partial charge in [0.05, 0.1) is 0 Å². The molecule has 0 radical (unpaired) electrons. The summed E-state index contributed by atoms with van der Waals surface area (Å²) in [6.45, 7) is 4.28. The Bertz CT molecular complexity index is 256. The first-order valence-corrected chi connectivity index (χ1v) is 4.51. The van der Waals surface area contributed by atoms with Gasteiger partial charge in [-0.2, -0.15) is 0 Å². The van der Waals surface area contributed by atoms with Gasteiger partial charge in [-0.15, -0.1) is 0 Å². The molecule has 0 saturated heterocycles. The van der Waals surface area contributed by atoms with Gasteiger partial charge in [-0.05, 0) is 30.5 Å². The van der Waals surface area contributed by atoms with Crippen LogP contribution >= 0.6 is 0 Å². The quantitative estimate of drug-likeness (QED) is 0.743. The smallest absolute Gasteiger partial charge is 0.123 e. The third kappa shape index (κ3) is 2.22. The average molecular weight is 164 g/mol. The fourth-order valence-corrected chi connectivity index (χ4v) is 1.26. The molecule has 0 atom stereocenters. The molecule has 12 heavy (non-hydrogen) atoms. The number of rotatable bonds is 3. The number of aryl methyl sites for hydroxylation is 2. The number of hydrogen-bond donors (Lipinski definition) is 1. The van der Waals surface area contributed by atoms with Crippen molar-refractivity contribution in [2.75, 3.05) is 5.73 Å². The molecular formula is C10H16N2. The van der Waals surface area contributed by atoms with E-state index in [1.54, 1.807) is 0 Å². The highest BCUT2D eigenvalue weighted by Crippen LogP contribution is 2.09. The number of nitrogen functional groups attached to an aromatic ring is 1. The van der Waals surface area contributed by atoms with Crippen molar-refractivity contribution in [3.05, 3.63) is 23.4 Å². The number of pyridine rings is 1. The first-order chi connectivity index (χ1) is 5.76. The van der Waals surface area contributed by atoms with Crippen molar-refractivity contribution in [1.82, 2.24) is 4.98 Å². The van der Waals surface area contributed by atoms with Crippen LogP contribution in [0.25, 0.3) is 0 Å². The molecule has 66 valence electrons. The molecule has 0 fully saturated rings. The van der Waals surface area contributed by atoms with Gasteiger partial charge in [0, 0.05) is 5.69 Å². The van der Waals surface area contributed by atoms with E-state index >= 15 is 0 Å². The molecule has 0 aliphatic rings.